The molecular formula is C8H14O2S2. The van der Waals surface area contributed by atoms with Crippen molar-refractivity contribution in [2.24, 2.45) is 0 Å². The molecule has 0 saturated carbocycles. The first-order valence-corrected chi connectivity index (χ1v) is 6.30. The van der Waals surface area contributed by atoms with Crippen LogP contribution >= 0.6 is 23.5 Å². The van der Waals surface area contributed by atoms with Crippen LogP contribution < -0.4 is 0 Å². The van der Waals surface area contributed by atoms with Crippen LogP contribution in [0.25, 0.3) is 0 Å². The Kier molecular flexibility index (Phi) is 3.77. The Hall–Kier alpha value is 0.170. The second-order valence-electron chi connectivity index (χ2n) is 2.84. The zero-order valence-electron chi connectivity index (χ0n) is 7.21. The molecule has 0 amide bonds. The first-order valence-electron chi connectivity index (χ1n) is 4.16. The van der Waals surface area contributed by atoms with Gasteiger partial charge in [0.15, 0.2) is 0 Å². The Labute approximate surface area is 81.5 Å². The van der Waals surface area contributed by atoms with Crippen molar-refractivity contribution in [2.45, 2.75) is 24.5 Å². The lowest BCUT2D eigenvalue weighted by molar-refractivity contribution is -0.140. The van der Waals surface area contributed by atoms with Crippen LogP contribution in [0.1, 0.15) is 19.8 Å². The van der Waals surface area contributed by atoms with Crippen molar-refractivity contribution >= 4 is 29.5 Å². The van der Waals surface area contributed by atoms with Crippen molar-refractivity contribution in [2.75, 3.05) is 17.3 Å². The predicted molar refractivity (Wildman–Crippen MR) is 55.1 cm³/mol. The third-order valence-corrected chi connectivity index (χ3v) is 4.52. The molecule has 1 rings (SSSR count). The van der Waals surface area contributed by atoms with Gasteiger partial charge in [-0.25, -0.2) is 0 Å². The van der Waals surface area contributed by atoms with Crippen LogP contribution in [-0.4, -0.2) is 33.1 Å². The lowest BCUT2D eigenvalue weighted by atomic mass is 10.0. The van der Waals surface area contributed by atoms with Gasteiger partial charge in [0.1, 0.15) is 4.75 Å². The minimum absolute atomic E-state index is 0.458. The molecular weight excluding hydrogens is 192 g/mol. The number of carboxylic acid groups (broad SMARTS) is 1. The fraction of sp³-hybridized carbons (Fsp3) is 0.875. The molecule has 1 N–H and O–H groups in total. The molecule has 0 aromatic heterocycles. The monoisotopic (exact) mass is 206 g/mol. The summed E-state index contributed by atoms with van der Waals surface area (Å²) in [5.41, 5.74) is 0. The zero-order valence-corrected chi connectivity index (χ0v) is 8.84. The summed E-state index contributed by atoms with van der Waals surface area (Å²) in [6.07, 6.45) is 1.65. The summed E-state index contributed by atoms with van der Waals surface area (Å²) >= 11 is 3.46. The van der Waals surface area contributed by atoms with Crippen LogP contribution in [0.5, 0.6) is 0 Å². The van der Waals surface area contributed by atoms with Crippen molar-refractivity contribution in [3.63, 3.8) is 0 Å². The second kappa shape index (κ2) is 4.42. The van der Waals surface area contributed by atoms with Gasteiger partial charge in [-0.1, -0.05) is 6.92 Å². The summed E-state index contributed by atoms with van der Waals surface area (Å²) < 4.78 is -0.458. The number of thioether (sulfide) groups is 2. The maximum absolute atomic E-state index is 11.0. The zero-order chi connectivity index (χ0) is 9.03. The van der Waals surface area contributed by atoms with Gasteiger partial charge in [0, 0.05) is 0 Å². The highest BCUT2D eigenvalue weighted by molar-refractivity contribution is 8.02. The molecule has 0 aromatic rings. The Morgan fingerprint density at radius 2 is 2.17 bits per heavy atom. The summed E-state index contributed by atoms with van der Waals surface area (Å²) in [6.45, 7) is 2.02. The Balaban J connectivity index is 2.63. The molecule has 0 radical (unpaired) electrons. The SMILES string of the molecule is CCSC1(C(=O)O)CCSCC1. The fourth-order valence-electron chi connectivity index (χ4n) is 1.40. The lowest BCUT2D eigenvalue weighted by Gasteiger charge is -2.31. The van der Waals surface area contributed by atoms with Gasteiger partial charge in [-0.05, 0) is 30.1 Å². The van der Waals surface area contributed by atoms with E-state index in [0.717, 1.165) is 30.1 Å². The molecule has 0 atom stereocenters. The van der Waals surface area contributed by atoms with Crippen LogP contribution in [0.15, 0.2) is 0 Å². The van der Waals surface area contributed by atoms with Crippen molar-refractivity contribution in [1.82, 2.24) is 0 Å². The molecule has 1 fully saturated rings. The summed E-state index contributed by atoms with van der Waals surface area (Å²) in [5, 5.41) is 9.09. The van der Waals surface area contributed by atoms with Crippen molar-refractivity contribution < 1.29 is 9.90 Å². The smallest absolute Gasteiger partial charge is 0.319 e. The molecule has 0 spiro atoms. The van der Waals surface area contributed by atoms with Gasteiger partial charge in [-0.3, -0.25) is 4.79 Å². The minimum atomic E-state index is -0.616. The second-order valence-corrected chi connectivity index (χ2v) is 5.72. The lowest BCUT2D eigenvalue weighted by Crippen LogP contribution is -2.39. The first-order chi connectivity index (χ1) is 5.71. The van der Waals surface area contributed by atoms with E-state index in [1.54, 1.807) is 11.8 Å². The van der Waals surface area contributed by atoms with Crippen LogP contribution in [0.2, 0.25) is 0 Å². The summed E-state index contributed by atoms with van der Waals surface area (Å²) in [7, 11) is 0. The third-order valence-electron chi connectivity index (χ3n) is 2.11. The van der Waals surface area contributed by atoms with E-state index in [1.165, 1.54) is 0 Å². The molecule has 12 heavy (non-hydrogen) atoms. The first kappa shape index (κ1) is 10.3. The van der Waals surface area contributed by atoms with Gasteiger partial charge < -0.3 is 5.11 Å². The van der Waals surface area contributed by atoms with Crippen molar-refractivity contribution in [3.8, 4) is 0 Å². The van der Waals surface area contributed by atoms with E-state index in [0.29, 0.717) is 0 Å². The standard InChI is InChI=1S/C8H14O2S2/c1-2-12-8(7(9)10)3-5-11-6-4-8/h2-6H2,1H3,(H,9,10). The minimum Gasteiger partial charge on any atom is -0.480 e. The quantitative estimate of drug-likeness (QED) is 0.767. The molecule has 0 unspecified atom stereocenters. The molecule has 1 aliphatic heterocycles. The highest BCUT2D eigenvalue weighted by atomic mass is 32.2. The number of hydrogen-bond donors (Lipinski definition) is 1. The summed E-state index contributed by atoms with van der Waals surface area (Å²) in [6, 6.07) is 0. The van der Waals surface area contributed by atoms with E-state index in [1.807, 2.05) is 18.7 Å². The van der Waals surface area contributed by atoms with E-state index in [9.17, 15) is 4.79 Å². The van der Waals surface area contributed by atoms with Gasteiger partial charge >= 0.3 is 5.97 Å². The molecule has 2 nitrogen and oxygen atoms in total. The number of carbonyl (C=O) groups is 1. The Morgan fingerprint density at radius 3 is 2.58 bits per heavy atom. The molecule has 0 aliphatic carbocycles. The Morgan fingerprint density at radius 1 is 1.58 bits per heavy atom. The number of rotatable bonds is 3. The third kappa shape index (κ3) is 2.10. The molecule has 4 heteroatoms. The molecule has 1 saturated heterocycles. The average Bonchev–Trinajstić information content (AvgIpc) is 2.06. The van der Waals surface area contributed by atoms with Gasteiger partial charge in [-0.15, -0.1) is 11.8 Å². The van der Waals surface area contributed by atoms with Crippen LogP contribution in [0.4, 0.5) is 0 Å². The highest BCUT2D eigenvalue weighted by Crippen LogP contribution is 2.38. The number of carboxylic acids is 1. The van der Waals surface area contributed by atoms with Crippen molar-refractivity contribution in [3.05, 3.63) is 0 Å². The molecule has 70 valence electrons. The maximum atomic E-state index is 11.0. The molecule has 1 aliphatic rings. The highest BCUT2D eigenvalue weighted by Gasteiger charge is 2.39. The van der Waals surface area contributed by atoms with Crippen LogP contribution in [-0.2, 0) is 4.79 Å². The average molecular weight is 206 g/mol. The van der Waals surface area contributed by atoms with Gasteiger partial charge in [-0.2, -0.15) is 11.8 Å². The molecule has 0 bridgehead atoms. The maximum Gasteiger partial charge on any atom is 0.319 e. The summed E-state index contributed by atoms with van der Waals surface area (Å²) in [5.74, 6) is 2.28. The topological polar surface area (TPSA) is 37.3 Å². The van der Waals surface area contributed by atoms with Crippen molar-refractivity contribution in [1.29, 1.82) is 0 Å². The van der Waals surface area contributed by atoms with E-state index in [4.69, 9.17) is 5.11 Å². The van der Waals surface area contributed by atoms with Gasteiger partial charge in [0.2, 0.25) is 0 Å². The molecule has 1 heterocycles. The number of aliphatic carboxylic acids is 1. The fourth-order valence-corrected chi connectivity index (χ4v) is 4.01. The number of hydrogen-bond acceptors (Lipinski definition) is 3. The van der Waals surface area contributed by atoms with Gasteiger partial charge in [0.05, 0.1) is 0 Å². The van der Waals surface area contributed by atoms with Crippen LogP contribution in [0.3, 0.4) is 0 Å². The van der Waals surface area contributed by atoms with Gasteiger partial charge in [0.25, 0.3) is 0 Å². The molecule has 0 aromatic carbocycles. The predicted octanol–water partition coefficient (Wildman–Crippen LogP) is 2.09. The van der Waals surface area contributed by atoms with Crippen LogP contribution in [0, 0.1) is 0 Å². The largest absolute Gasteiger partial charge is 0.480 e. The summed E-state index contributed by atoms with van der Waals surface area (Å²) in [4.78, 5) is 11.0. The van der Waals surface area contributed by atoms with E-state index < -0.39 is 10.7 Å². The Bertz CT molecular complexity index is 159. The van der Waals surface area contributed by atoms with E-state index in [2.05, 4.69) is 0 Å². The normalized spacial score (nSPS) is 22.1. The van der Waals surface area contributed by atoms with E-state index >= 15 is 0 Å². The van der Waals surface area contributed by atoms with E-state index in [-0.39, 0.29) is 0 Å².